The van der Waals surface area contributed by atoms with E-state index in [1.807, 2.05) is 6.08 Å². The van der Waals surface area contributed by atoms with Gasteiger partial charge in [-0.25, -0.2) is 4.31 Å². The Morgan fingerprint density at radius 3 is 2.84 bits per heavy atom. The van der Waals surface area contributed by atoms with Gasteiger partial charge >= 0.3 is 0 Å². The number of carbonyl (C=O) groups is 1. The SMILES string of the molecule is CCCCN1CC=C(C(=O)N2CCN=C2Nc2c(Cl)cccc2Cl)S1. The molecule has 1 N–H and O–H groups in total. The predicted molar refractivity (Wildman–Crippen MR) is 106 cm³/mol. The van der Waals surface area contributed by atoms with Crippen LogP contribution in [0.25, 0.3) is 0 Å². The van der Waals surface area contributed by atoms with E-state index in [-0.39, 0.29) is 5.91 Å². The maximum absolute atomic E-state index is 12.9. The molecule has 0 bridgehead atoms. The van der Waals surface area contributed by atoms with E-state index < -0.39 is 0 Å². The fraction of sp³-hybridized carbons (Fsp3) is 0.412. The van der Waals surface area contributed by atoms with Crippen LogP contribution in [0.2, 0.25) is 10.0 Å². The number of amides is 1. The summed E-state index contributed by atoms with van der Waals surface area (Å²) >= 11 is 13.9. The standard InChI is InChI=1S/C17H20Cl2N4OS/c1-2-3-9-22-10-7-14(25-22)16(24)23-11-8-20-17(23)21-15-12(18)5-4-6-13(15)19/h4-7H,2-3,8-11H2,1H3,(H,20,21). The fourth-order valence-electron chi connectivity index (χ4n) is 2.61. The lowest BCUT2D eigenvalue weighted by Crippen LogP contribution is -2.38. The van der Waals surface area contributed by atoms with E-state index in [9.17, 15) is 4.79 Å². The van der Waals surface area contributed by atoms with Gasteiger partial charge < -0.3 is 5.32 Å². The molecule has 2 aliphatic heterocycles. The number of carbonyl (C=O) groups excluding carboxylic acids is 1. The number of hydrogen-bond acceptors (Lipinski definition) is 5. The van der Waals surface area contributed by atoms with Crippen LogP contribution in [0.5, 0.6) is 0 Å². The summed E-state index contributed by atoms with van der Waals surface area (Å²) in [7, 11) is 0. The molecule has 1 amide bonds. The number of rotatable bonds is 5. The van der Waals surface area contributed by atoms with Crippen LogP contribution in [-0.4, -0.2) is 47.3 Å². The summed E-state index contributed by atoms with van der Waals surface area (Å²) in [5.74, 6) is 0.462. The summed E-state index contributed by atoms with van der Waals surface area (Å²) in [5, 5.41) is 4.11. The molecule has 2 aliphatic rings. The molecule has 0 aliphatic carbocycles. The molecule has 0 saturated heterocycles. The third-order valence-corrected chi connectivity index (χ3v) is 5.72. The van der Waals surface area contributed by atoms with Gasteiger partial charge in [-0.05, 0) is 36.6 Å². The molecule has 0 atom stereocenters. The van der Waals surface area contributed by atoms with E-state index in [0.29, 0.717) is 34.8 Å². The highest BCUT2D eigenvalue weighted by molar-refractivity contribution is 8.02. The zero-order chi connectivity index (χ0) is 17.8. The quantitative estimate of drug-likeness (QED) is 0.752. The summed E-state index contributed by atoms with van der Waals surface area (Å²) < 4.78 is 2.21. The van der Waals surface area contributed by atoms with E-state index in [0.717, 1.165) is 30.8 Å². The normalized spacial score (nSPS) is 17.6. The number of hydrogen-bond donors (Lipinski definition) is 1. The van der Waals surface area contributed by atoms with Gasteiger partial charge in [0.15, 0.2) is 0 Å². The third-order valence-electron chi connectivity index (χ3n) is 3.97. The van der Waals surface area contributed by atoms with Gasteiger partial charge in [0.2, 0.25) is 5.96 Å². The molecule has 0 saturated carbocycles. The second-order valence-corrected chi connectivity index (χ2v) is 7.74. The Labute approximate surface area is 162 Å². The van der Waals surface area contributed by atoms with Crippen LogP contribution in [0.1, 0.15) is 19.8 Å². The van der Waals surface area contributed by atoms with Crippen molar-refractivity contribution in [2.45, 2.75) is 19.8 Å². The highest BCUT2D eigenvalue weighted by atomic mass is 35.5. The van der Waals surface area contributed by atoms with Crippen molar-refractivity contribution in [3.63, 3.8) is 0 Å². The van der Waals surface area contributed by atoms with Gasteiger partial charge in [0.25, 0.3) is 5.91 Å². The van der Waals surface area contributed by atoms with Crippen molar-refractivity contribution in [2.75, 3.05) is 31.5 Å². The summed E-state index contributed by atoms with van der Waals surface area (Å²) in [4.78, 5) is 19.7. The molecule has 1 aromatic carbocycles. The molecule has 5 nitrogen and oxygen atoms in total. The van der Waals surface area contributed by atoms with Crippen molar-refractivity contribution in [2.24, 2.45) is 4.99 Å². The second kappa shape index (κ2) is 8.45. The number of halogens is 2. The van der Waals surface area contributed by atoms with Gasteiger partial charge in [0.1, 0.15) is 0 Å². The van der Waals surface area contributed by atoms with Crippen LogP contribution in [-0.2, 0) is 4.79 Å². The molecule has 8 heteroatoms. The minimum absolute atomic E-state index is 0.0316. The number of nitrogens with one attached hydrogen (secondary N) is 1. The van der Waals surface area contributed by atoms with Crippen LogP contribution >= 0.6 is 35.1 Å². The number of unbranched alkanes of at least 4 members (excludes halogenated alkanes) is 1. The molecular formula is C17H20Cl2N4OS. The third kappa shape index (κ3) is 4.31. The molecule has 3 rings (SSSR count). The van der Waals surface area contributed by atoms with Crippen LogP contribution in [0.4, 0.5) is 5.69 Å². The fourth-order valence-corrected chi connectivity index (χ4v) is 4.09. The van der Waals surface area contributed by atoms with E-state index in [2.05, 4.69) is 21.5 Å². The Hall–Kier alpha value is -1.21. The molecule has 0 aromatic heterocycles. The van der Waals surface area contributed by atoms with E-state index in [1.54, 1.807) is 23.1 Å². The summed E-state index contributed by atoms with van der Waals surface area (Å²) in [6.45, 7) is 5.07. The molecular weight excluding hydrogens is 379 g/mol. The largest absolute Gasteiger partial charge is 0.323 e. The van der Waals surface area contributed by atoms with Crippen molar-refractivity contribution in [1.29, 1.82) is 0 Å². The Bertz CT molecular complexity index is 702. The monoisotopic (exact) mass is 398 g/mol. The topological polar surface area (TPSA) is 47.9 Å². The number of benzene rings is 1. The Kier molecular flexibility index (Phi) is 6.28. The van der Waals surface area contributed by atoms with E-state index >= 15 is 0 Å². The van der Waals surface area contributed by atoms with Gasteiger partial charge in [-0.1, -0.05) is 42.6 Å². The van der Waals surface area contributed by atoms with Crippen molar-refractivity contribution in [3.8, 4) is 0 Å². The van der Waals surface area contributed by atoms with Crippen LogP contribution < -0.4 is 5.32 Å². The zero-order valence-corrected chi connectivity index (χ0v) is 16.3. The molecule has 0 radical (unpaired) electrons. The van der Waals surface area contributed by atoms with Gasteiger partial charge in [-0.3, -0.25) is 14.7 Å². The zero-order valence-electron chi connectivity index (χ0n) is 14.0. The first-order valence-corrected chi connectivity index (χ1v) is 9.83. The summed E-state index contributed by atoms with van der Waals surface area (Å²) in [6.07, 6.45) is 4.26. The first kappa shape index (κ1) is 18.6. The summed E-state index contributed by atoms with van der Waals surface area (Å²) in [5.41, 5.74) is 0.571. The highest BCUT2D eigenvalue weighted by Gasteiger charge is 2.30. The molecule has 1 aromatic rings. The van der Waals surface area contributed by atoms with E-state index in [1.165, 1.54) is 11.9 Å². The Morgan fingerprint density at radius 2 is 2.12 bits per heavy atom. The van der Waals surface area contributed by atoms with E-state index in [4.69, 9.17) is 23.2 Å². The van der Waals surface area contributed by atoms with Crippen molar-refractivity contribution in [3.05, 3.63) is 39.2 Å². The molecule has 0 fully saturated rings. The molecule has 25 heavy (non-hydrogen) atoms. The lowest BCUT2D eigenvalue weighted by molar-refractivity contribution is -0.122. The van der Waals surface area contributed by atoms with Crippen LogP contribution in [0, 0.1) is 0 Å². The Morgan fingerprint density at radius 1 is 1.36 bits per heavy atom. The van der Waals surface area contributed by atoms with Crippen molar-refractivity contribution in [1.82, 2.24) is 9.21 Å². The van der Waals surface area contributed by atoms with Gasteiger partial charge in [-0.2, -0.15) is 0 Å². The predicted octanol–water partition coefficient (Wildman–Crippen LogP) is 4.25. The lowest BCUT2D eigenvalue weighted by atomic mass is 10.3. The van der Waals surface area contributed by atoms with Crippen molar-refractivity contribution < 1.29 is 4.79 Å². The number of anilines is 1. The molecule has 0 spiro atoms. The van der Waals surface area contributed by atoms with Gasteiger partial charge in [0.05, 0.1) is 27.2 Å². The summed E-state index contributed by atoms with van der Waals surface area (Å²) in [6, 6.07) is 5.27. The maximum atomic E-state index is 12.9. The smallest absolute Gasteiger partial charge is 0.268 e. The van der Waals surface area contributed by atoms with Gasteiger partial charge in [-0.15, -0.1) is 0 Å². The number of para-hydroxylation sites is 1. The van der Waals surface area contributed by atoms with Crippen LogP contribution in [0.3, 0.4) is 0 Å². The second-order valence-electron chi connectivity index (χ2n) is 5.78. The molecule has 0 unspecified atom stereocenters. The first-order valence-electron chi connectivity index (χ1n) is 8.30. The maximum Gasteiger partial charge on any atom is 0.268 e. The van der Waals surface area contributed by atoms with Gasteiger partial charge in [0, 0.05) is 19.6 Å². The average molecular weight is 399 g/mol. The highest BCUT2D eigenvalue weighted by Crippen LogP contribution is 2.32. The van der Waals surface area contributed by atoms with Crippen molar-refractivity contribution >= 4 is 52.7 Å². The lowest BCUT2D eigenvalue weighted by Gasteiger charge is -2.21. The number of aliphatic imine (C=N–C) groups is 1. The number of guanidine groups is 1. The minimum atomic E-state index is -0.0316. The molecule has 2 heterocycles. The minimum Gasteiger partial charge on any atom is -0.323 e. The molecule has 134 valence electrons. The number of nitrogens with zero attached hydrogens (tertiary/aromatic N) is 3. The Balaban J connectivity index is 1.67. The van der Waals surface area contributed by atoms with Crippen LogP contribution in [0.15, 0.2) is 34.2 Å². The first-order chi connectivity index (χ1) is 12.1. The average Bonchev–Trinajstić information content (AvgIpc) is 3.25.